The van der Waals surface area contributed by atoms with Crippen molar-refractivity contribution in [3.63, 3.8) is 0 Å². The van der Waals surface area contributed by atoms with E-state index >= 15 is 0 Å². The van der Waals surface area contributed by atoms with Crippen molar-refractivity contribution in [1.29, 1.82) is 0 Å². The fourth-order valence-electron chi connectivity index (χ4n) is 3.64. The number of benzene rings is 2. The quantitative estimate of drug-likeness (QED) is 0.642. The Morgan fingerprint density at radius 1 is 1.08 bits per heavy atom. The zero-order valence-electron chi connectivity index (χ0n) is 14.2. The van der Waals surface area contributed by atoms with E-state index in [2.05, 4.69) is 4.98 Å². The van der Waals surface area contributed by atoms with E-state index in [-0.39, 0.29) is 24.0 Å². The van der Waals surface area contributed by atoms with Crippen molar-refractivity contribution in [3.8, 4) is 5.88 Å². The van der Waals surface area contributed by atoms with Crippen LogP contribution in [0.1, 0.15) is 28.3 Å². The van der Waals surface area contributed by atoms with Gasteiger partial charge in [0.25, 0.3) is 5.56 Å². The maximum Gasteiger partial charge on any atom is 0.331 e. The van der Waals surface area contributed by atoms with Crippen molar-refractivity contribution in [2.75, 3.05) is 6.54 Å². The SMILES string of the molecule is O=c1[nH]c(=O)n(Cc2ccccc2)c(O)c1[C@@H]1[NH2+]CCc2ccccc21. The first-order chi connectivity index (χ1) is 12.6. The van der Waals surface area contributed by atoms with Gasteiger partial charge in [-0.15, -0.1) is 0 Å². The third kappa shape index (κ3) is 2.84. The van der Waals surface area contributed by atoms with Gasteiger partial charge in [-0.2, -0.15) is 0 Å². The van der Waals surface area contributed by atoms with Gasteiger partial charge in [-0.3, -0.25) is 14.3 Å². The lowest BCUT2D eigenvalue weighted by atomic mass is 9.90. The third-order valence-corrected chi connectivity index (χ3v) is 4.91. The highest BCUT2D eigenvalue weighted by atomic mass is 16.3. The molecule has 1 aliphatic heterocycles. The lowest BCUT2D eigenvalue weighted by Crippen LogP contribution is -2.87. The van der Waals surface area contributed by atoms with Gasteiger partial charge in [0.05, 0.1) is 13.1 Å². The summed E-state index contributed by atoms with van der Waals surface area (Å²) in [7, 11) is 0. The van der Waals surface area contributed by atoms with Crippen molar-refractivity contribution >= 4 is 0 Å². The predicted molar refractivity (Wildman–Crippen MR) is 97.3 cm³/mol. The fourth-order valence-corrected chi connectivity index (χ4v) is 3.64. The molecule has 0 spiro atoms. The number of rotatable bonds is 3. The first-order valence-electron chi connectivity index (χ1n) is 8.66. The number of hydrogen-bond donors (Lipinski definition) is 3. The molecule has 0 saturated carbocycles. The standard InChI is InChI=1S/C20H19N3O3/c24-18-16(17-15-9-5-4-8-14(15)10-11-21-17)19(25)23(20(26)22-18)12-13-6-2-1-3-7-13/h1-9,17,21,25H,10-12H2,(H,22,24,26)/p+1/t17-/m1/s1. The van der Waals surface area contributed by atoms with Gasteiger partial charge in [-0.1, -0.05) is 54.6 Å². The molecule has 1 atom stereocenters. The molecule has 0 aliphatic carbocycles. The maximum atomic E-state index is 12.5. The van der Waals surface area contributed by atoms with Gasteiger partial charge in [-0.05, 0) is 11.1 Å². The van der Waals surface area contributed by atoms with Crippen LogP contribution >= 0.6 is 0 Å². The number of aromatic hydroxyl groups is 1. The van der Waals surface area contributed by atoms with Crippen LogP contribution in [0.15, 0.2) is 64.2 Å². The van der Waals surface area contributed by atoms with Crippen LogP contribution in [-0.2, 0) is 13.0 Å². The van der Waals surface area contributed by atoms with E-state index in [0.29, 0.717) is 0 Å². The number of aromatic nitrogens is 2. The van der Waals surface area contributed by atoms with Gasteiger partial charge < -0.3 is 10.4 Å². The molecule has 3 aromatic rings. The Morgan fingerprint density at radius 2 is 1.81 bits per heavy atom. The normalized spacial score (nSPS) is 16.2. The molecule has 0 saturated heterocycles. The number of hydrogen-bond acceptors (Lipinski definition) is 3. The molecule has 2 heterocycles. The van der Waals surface area contributed by atoms with E-state index < -0.39 is 11.2 Å². The summed E-state index contributed by atoms with van der Waals surface area (Å²) in [6.45, 7) is 1.02. The number of aromatic amines is 1. The molecule has 132 valence electrons. The smallest absolute Gasteiger partial charge is 0.331 e. The topological polar surface area (TPSA) is 91.7 Å². The largest absolute Gasteiger partial charge is 0.494 e. The molecular formula is C20H20N3O3+. The van der Waals surface area contributed by atoms with Crippen molar-refractivity contribution in [2.24, 2.45) is 0 Å². The lowest BCUT2D eigenvalue weighted by Gasteiger charge is -2.24. The van der Waals surface area contributed by atoms with Gasteiger partial charge in [-0.25, -0.2) is 4.79 Å². The Kier molecular flexibility index (Phi) is 4.18. The van der Waals surface area contributed by atoms with E-state index in [1.165, 1.54) is 10.1 Å². The van der Waals surface area contributed by atoms with E-state index in [1.54, 1.807) is 0 Å². The zero-order chi connectivity index (χ0) is 18.1. The van der Waals surface area contributed by atoms with Crippen LogP contribution in [0.4, 0.5) is 0 Å². The summed E-state index contributed by atoms with van der Waals surface area (Å²) in [6, 6.07) is 17.0. The first-order valence-corrected chi connectivity index (χ1v) is 8.66. The van der Waals surface area contributed by atoms with E-state index in [1.807, 2.05) is 59.9 Å². The van der Waals surface area contributed by atoms with Crippen molar-refractivity contribution < 1.29 is 10.4 Å². The van der Waals surface area contributed by atoms with E-state index in [9.17, 15) is 14.7 Å². The number of nitrogens with one attached hydrogen (secondary N) is 1. The minimum atomic E-state index is -0.607. The van der Waals surface area contributed by atoms with Crippen molar-refractivity contribution in [2.45, 2.75) is 19.0 Å². The summed E-state index contributed by atoms with van der Waals surface area (Å²) in [5, 5.41) is 12.8. The van der Waals surface area contributed by atoms with Gasteiger partial charge in [0, 0.05) is 12.0 Å². The van der Waals surface area contributed by atoms with Crippen LogP contribution in [0.25, 0.3) is 0 Å². The minimum absolute atomic E-state index is 0.198. The van der Waals surface area contributed by atoms with Crippen molar-refractivity contribution in [1.82, 2.24) is 9.55 Å². The second-order valence-corrected chi connectivity index (χ2v) is 6.52. The monoisotopic (exact) mass is 350 g/mol. The Bertz CT molecular complexity index is 1050. The molecule has 2 aromatic carbocycles. The summed E-state index contributed by atoms with van der Waals surface area (Å²) in [6.07, 6.45) is 0.912. The number of nitrogens with zero attached hydrogens (tertiary/aromatic N) is 1. The minimum Gasteiger partial charge on any atom is -0.494 e. The third-order valence-electron chi connectivity index (χ3n) is 4.91. The summed E-state index contributed by atoms with van der Waals surface area (Å²) < 4.78 is 1.22. The highest BCUT2D eigenvalue weighted by molar-refractivity contribution is 5.39. The van der Waals surface area contributed by atoms with Crippen molar-refractivity contribution in [3.05, 3.63) is 97.7 Å². The molecule has 1 aliphatic rings. The molecule has 1 aromatic heterocycles. The Morgan fingerprint density at radius 3 is 2.62 bits per heavy atom. The maximum absolute atomic E-state index is 12.5. The molecule has 0 unspecified atom stereocenters. The average Bonchev–Trinajstić information content (AvgIpc) is 2.66. The number of nitrogens with two attached hydrogens (primary N) is 1. The lowest BCUT2D eigenvalue weighted by molar-refractivity contribution is -0.690. The fraction of sp³-hybridized carbons (Fsp3) is 0.200. The first kappa shape index (κ1) is 16.4. The van der Waals surface area contributed by atoms with Gasteiger partial charge in [0.15, 0.2) is 0 Å². The van der Waals surface area contributed by atoms with Gasteiger partial charge in [0.1, 0.15) is 11.6 Å². The molecule has 6 nitrogen and oxygen atoms in total. The molecule has 26 heavy (non-hydrogen) atoms. The van der Waals surface area contributed by atoms with Crippen LogP contribution in [0.2, 0.25) is 0 Å². The second-order valence-electron chi connectivity index (χ2n) is 6.52. The zero-order valence-corrected chi connectivity index (χ0v) is 14.2. The highest BCUT2D eigenvalue weighted by Gasteiger charge is 2.31. The molecule has 4 rings (SSSR count). The predicted octanol–water partition coefficient (Wildman–Crippen LogP) is 0.499. The number of H-pyrrole nitrogens is 1. The van der Waals surface area contributed by atoms with Crippen LogP contribution in [0.3, 0.4) is 0 Å². The summed E-state index contributed by atoms with van der Waals surface area (Å²) in [4.78, 5) is 27.2. The highest BCUT2D eigenvalue weighted by Crippen LogP contribution is 2.27. The molecular weight excluding hydrogens is 330 g/mol. The molecule has 0 fully saturated rings. The molecule has 0 bridgehead atoms. The van der Waals surface area contributed by atoms with E-state index in [4.69, 9.17) is 0 Å². The Balaban J connectivity index is 1.85. The van der Waals surface area contributed by atoms with Crippen LogP contribution in [0, 0.1) is 0 Å². The van der Waals surface area contributed by atoms with Crippen LogP contribution in [0.5, 0.6) is 5.88 Å². The summed E-state index contributed by atoms with van der Waals surface area (Å²) in [5.74, 6) is -0.263. The summed E-state index contributed by atoms with van der Waals surface area (Å²) >= 11 is 0. The summed E-state index contributed by atoms with van der Waals surface area (Å²) in [5.41, 5.74) is 2.13. The van der Waals surface area contributed by atoms with Gasteiger partial charge in [0.2, 0.25) is 5.88 Å². The molecule has 0 radical (unpaired) electrons. The number of quaternary nitrogens is 1. The van der Waals surface area contributed by atoms with E-state index in [0.717, 1.165) is 24.1 Å². The Hall–Kier alpha value is -3.12. The molecule has 0 amide bonds. The average molecular weight is 350 g/mol. The van der Waals surface area contributed by atoms with Crippen LogP contribution in [-0.4, -0.2) is 21.2 Å². The second kappa shape index (κ2) is 6.65. The van der Waals surface area contributed by atoms with Gasteiger partial charge >= 0.3 is 5.69 Å². The molecule has 6 heteroatoms. The number of fused-ring (bicyclic) bond motifs is 1. The Labute approximate surface area is 149 Å². The van der Waals surface area contributed by atoms with Crippen LogP contribution < -0.4 is 16.6 Å². The molecule has 4 N–H and O–H groups in total.